The smallest absolute Gasteiger partial charge is 0.270 e. The summed E-state index contributed by atoms with van der Waals surface area (Å²) < 4.78 is 5.21. The van der Waals surface area contributed by atoms with Crippen molar-refractivity contribution in [2.24, 2.45) is 0 Å². The zero-order valence-corrected chi connectivity index (χ0v) is 15.2. The molecule has 0 fully saturated rings. The Morgan fingerprint density at radius 1 is 1.08 bits per heavy atom. The highest BCUT2D eigenvalue weighted by Crippen LogP contribution is 2.25. The molecule has 134 valence electrons. The minimum Gasteiger partial charge on any atom is -0.467 e. The normalized spacial score (nSPS) is 11.2. The van der Waals surface area contributed by atoms with E-state index in [1.807, 2.05) is 24.3 Å². The molecular formula is C21H23N3O2. The molecule has 0 atom stereocenters. The fourth-order valence-electron chi connectivity index (χ4n) is 2.52. The van der Waals surface area contributed by atoms with E-state index < -0.39 is 0 Å². The lowest BCUT2D eigenvalue weighted by Crippen LogP contribution is -2.23. The van der Waals surface area contributed by atoms with Crippen molar-refractivity contribution >= 4 is 17.3 Å². The van der Waals surface area contributed by atoms with Crippen LogP contribution in [-0.2, 0) is 12.0 Å². The number of nitrogens with one attached hydrogen (secondary N) is 2. The number of aromatic nitrogens is 1. The van der Waals surface area contributed by atoms with Crippen LogP contribution in [0.25, 0.3) is 0 Å². The van der Waals surface area contributed by atoms with Gasteiger partial charge in [-0.05, 0) is 47.4 Å². The second kappa shape index (κ2) is 7.44. The van der Waals surface area contributed by atoms with Gasteiger partial charge in [-0.25, -0.2) is 0 Å². The molecule has 3 aromatic rings. The highest BCUT2D eigenvalue weighted by atomic mass is 16.3. The molecule has 2 N–H and O–H groups in total. The highest BCUT2D eigenvalue weighted by Gasteiger charge is 2.13. The summed E-state index contributed by atoms with van der Waals surface area (Å²) in [6.07, 6.45) is 3.20. The molecule has 0 bridgehead atoms. The molecule has 0 aliphatic carbocycles. The Balaban J connectivity index is 1.66. The van der Waals surface area contributed by atoms with Crippen LogP contribution in [0, 0.1) is 0 Å². The first-order chi connectivity index (χ1) is 12.4. The first-order valence-electron chi connectivity index (χ1n) is 8.56. The molecule has 2 heterocycles. The number of anilines is 2. The van der Waals surface area contributed by atoms with Crippen molar-refractivity contribution in [3.8, 4) is 0 Å². The van der Waals surface area contributed by atoms with E-state index in [1.165, 1.54) is 5.56 Å². The van der Waals surface area contributed by atoms with Crippen molar-refractivity contribution in [1.82, 2.24) is 10.3 Å². The molecular weight excluding hydrogens is 326 g/mol. The number of benzene rings is 1. The maximum Gasteiger partial charge on any atom is 0.270 e. The largest absolute Gasteiger partial charge is 0.467 e. The summed E-state index contributed by atoms with van der Waals surface area (Å²) in [7, 11) is 0. The van der Waals surface area contributed by atoms with Crippen LogP contribution in [-0.4, -0.2) is 10.9 Å². The Hall–Kier alpha value is -3.08. The number of rotatable bonds is 5. The molecule has 2 aromatic heterocycles. The van der Waals surface area contributed by atoms with Gasteiger partial charge in [-0.2, -0.15) is 0 Å². The van der Waals surface area contributed by atoms with Gasteiger partial charge in [0.25, 0.3) is 5.91 Å². The molecule has 5 heteroatoms. The minimum atomic E-state index is -0.242. The quantitative estimate of drug-likeness (QED) is 0.704. The van der Waals surface area contributed by atoms with E-state index in [0.717, 1.165) is 11.4 Å². The van der Waals surface area contributed by atoms with Crippen LogP contribution in [0.3, 0.4) is 0 Å². The van der Waals surface area contributed by atoms with Gasteiger partial charge in [0.05, 0.1) is 12.8 Å². The van der Waals surface area contributed by atoms with Gasteiger partial charge >= 0.3 is 0 Å². The standard InChI is InChI=1S/C21H23N3O2/c1-21(2,3)15-6-8-16(9-7-15)24-17-10-11-22-19(13-17)20(25)23-14-18-5-4-12-26-18/h4-13H,14H2,1-3H3,(H,22,24)(H,23,25). The molecule has 0 saturated heterocycles. The van der Waals surface area contributed by atoms with Crippen LogP contribution in [0.4, 0.5) is 11.4 Å². The van der Waals surface area contributed by atoms with E-state index in [0.29, 0.717) is 18.0 Å². The fourth-order valence-corrected chi connectivity index (χ4v) is 2.52. The molecule has 3 rings (SSSR count). The predicted molar refractivity (Wildman–Crippen MR) is 103 cm³/mol. The van der Waals surface area contributed by atoms with E-state index in [2.05, 4.69) is 48.5 Å². The number of hydrogen-bond donors (Lipinski definition) is 2. The van der Waals surface area contributed by atoms with Gasteiger partial charge in [0.2, 0.25) is 0 Å². The second-order valence-electron chi connectivity index (χ2n) is 7.14. The van der Waals surface area contributed by atoms with Crippen molar-refractivity contribution in [1.29, 1.82) is 0 Å². The average molecular weight is 349 g/mol. The summed E-state index contributed by atoms with van der Waals surface area (Å²) in [5.41, 5.74) is 3.52. The first kappa shape index (κ1) is 17.7. The molecule has 5 nitrogen and oxygen atoms in total. The summed E-state index contributed by atoms with van der Waals surface area (Å²) in [6.45, 7) is 6.89. The number of amides is 1. The Morgan fingerprint density at radius 2 is 1.85 bits per heavy atom. The van der Waals surface area contributed by atoms with E-state index in [9.17, 15) is 4.79 Å². The fraction of sp³-hybridized carbons (Fsp3) is 0.238. The summed E-state index contributed by atoms with van der Waals surface area (Å²) in [5.74, 6) is 0.458. The van der Waals surface area contributed by atoms with Gasteiger partial charge in [0, 0.05) is 17.6 Å². The van der Waals surface area contributed by atoms with Crippen molar-refractivity contribution in [3.63, 3.8) is 0 Å². The van der Waals surface area contributed by atoms with Gasteiger partial charge in [-0.3, -0.25) is 9.78 Å². The number of furan rings is 1. The lowest BCUT2D eigenvalue weighted by molar-refractivity contribution is 0.0943. The third kappa shape index (κ3) is 4.51. The summed E-state index contributed by atoms with van der Waals surface area (Å²) in [5, 5.41) is 6.10. The third-order valence-corrected chi connectivity index (χ3v) is 4.04. The third-order valence-electron chi connectivity index (χ3n) is 4.04. The monoisotopic (exact) mass is 349 g/mol. The molecule has 1 aromatic carbocycles. The van der Waals surface area contributed by atoms with Crippen LogP contribution < -0.4 is 10.6 Å². The molecule has 0 unspecified atom stereocenters. The summed E-state index contributed by atoms with van der Waals surface area (Å²) >= 11 is 0. The Morgan fingerprint density at radius 3 is 2.50 bits per heavy atom. The van der Waals surface area contributed by atoms with Crippen molar-refractivity contribution in [2.45, 2.75) is 32.7 Å². The number of carbonyl (C=O) groups excluding carboxylic acids is 1. The first-order valence-corrected chi connectivity index (χ1v) is 8.56. The number of hydrogen-bond acceptors (Lipinski definition) is 4. The maximum absolute atomic E-state index is 12.3. The Kier molecular flexibility index (Phi) is 5.07. The van der Waals surface area contributed by atoms with E-state index in [1.54, 1.807) is 24.6 Å². The molecule has 0 aliphatic heterocycles. The van der Waals surface area contributed by atoms with Gasteiger partial charge in [0.15, 0.2) is 0 Å². The molecule has 0 aliphatic rings. The van der Waals surface area contributed by atoms with Crippen molar-refractivity contribution in [2.75, 3.05) is 5.32 Å². The van der Waals surface area contributed by atoms with Crippen molar-refractivity contribution in [3.05, 3.63) is 78.0 Å². The van der Waals surface area contributed by atoms with Crippen LogP contribution in [0.15, 0.2) is 65.4 Å². The summed E-state index contributed by atoms with van der Waals surface area (Å²) in [4.78, 5) is 16.4. The second-order valence-corrected chi connectivity index (χ2v) is 7.14. The Bertz CT molecular complexity index is 863. The molecule has 0 saturated carbocycles. The van der Waals surface area contributed by atoms with E-state index in [4.69, 9.17) is 4.42 Å². The van der Waals surface area contributed by atoms with E-state index in [-0.39, 0.29) is 11.3 Å². The van der Waals surface area contributed by atoms with Crippen LogP contribution in [0.1, 0.15) is 42.6 Å². The van der Waals surface area contributed by atoms with Gasteiger partial charge in [-0.15, -0.1) is 0 Å². The molecule has 26 heavy (non-hydrogen) atoms. The highest BCUT2D eigenvalue weighted by molar-refractivity contribution is 5.93. The zero-order chi connectivity index (χ0) is 18.6. The van der Waals surface area contributed by atoms with E-state index >= 15 is 0 Å². The Labute approximate surface area is 153 Å². The zero-order valence-electron chi connectivity index (χ0n) is 15.2. The molecule has 0 spiro atoms. The van der Waals surface area contributed by atoms with Gasteiger partial charge < -0.3 is 15.1 Å². The SMILES string of the molecule is CC(C)(C)c1ccc(Nc2ccnc(C(=O)NCc3ccco3)c2)cc1. The van der Waals surface area contributed by atoms with Crippen molar-refractivity contribution < 1.29 is 9.21 Å². The number of pyridine rings is 1. The lowest BCUT2D eigenvalue weighted by Gasteiger charge is -2.19. The number of carbonyl (C=O) groups is 1. The molecule has 1 amide bonds. The topological polar surface area (TPSA) is 67.2 Å². The lowest BCUT2D eigenvalue weighted by atomic mass is 9.87. The molecule has 0 radical (unpaired) electrons. The number of nitrogens with zero attached hydrogens (tertiary/aromatic N) is 1. The van der Waals surface area contributed by atoms with Gasteiger partial charge in [0.1, 0.15) is 11.5 Å². The minimum absolute atomic E-state index is 0.119. The maximum atomic E-state index is 12.3. The van der Waals surface area contributed by atoms with Crippen LogP contribution in [0.2, 0.25) is 0 Å². The summed E-state index contributed by atoms with van der Waals surface area (Å²) in [6, 6.07) is 15.5. The van der Waals surface area contributed by atoms with Crippen LogP contribution >= 0.6 is 0 Å². The predicted octanol–water partition coefficient (Wildman–Crippen LogP) is 4.65. The average Bonchev–Trinajstić information content (AvgIpc) is 3.13. The van der Waals surface area contributed by atoms with Crippen LogP contribution in [0.5, 0.6) is 0 Å². The van der Waals surface area contributed by atoms with Gasteiger partial charge in [-0.1, -0.05) is 32.9 Å².